The van der Waals surface area contributed by atoms with Crippen LogP contribution in [-0.2, 0) is 4.79 Å². The minimum Gasteiger partial charge on any atom is -0.497 e. The highest BCUT2D eigenvalue weighted by Crippen LogP contribution is 2.36. The molecule has 2 aromatic carbocycles. The van der Waals surface area contributed by atoms with Crippen molar-refractivity contribution in [2.45, 2.75) is 0 Å². The molecule has 0 saturated carbocycles. The topological polar surface area (TPSA) is 190 Å². The fourth-order valence-corrected chi connectivity index (χ4v) is 3.29. The molecule has 0 fully saturated rings. The molecular weight excluding hydrogens is 462 g/mol. The van der Waals surface area contributed by atoms with E-state index in [2.05, 4.69) is 5.32 Å². The van der Waals surface area contributed by atoms with E-state index in [1.807, 2.05) is 4.98 Å². The minimum atomic E-state index is -1.64. The molecular formula is C23H21N3O9. The lowest BCUT2D eigenvalue weighted by molar-refractivity contribution is -0.118. The van der Waals surface area contributed by atoms with Gasteiger partial charge in [-0.3, -0.25) is 9.59 Å². The van der Waals surface area contributed by atoms with E-state index in [4.69, 9.17) is 19.9 Å². The third-order valence-corrected chi connectivity index (χ3v) is 4.86. The molecule has 0 unspecified atom stereocenters. The first-order chi connectivity index (χ1) is 16.7. The van der Waals surface area contributed by atoms with Crippen molar-refractivity contribution in [2.75, 3.05) is 31.9 Å². The first kappa shape index (κ1) is 24.6. The number of benzene rings is 2. The Hall–Kier alpha value is -5.00. The van der Waals surface area contributed by atoms with Gasteiger partial charge in [0.15, 0.2) is 18.1 Å². The summed E-state index contributed by atoms with van der Waals surface area (Å²) in [4.78, 5) is 50.0. The van der Waals surface area contributed by atoms with Crippen molar-refractivity contribution >= 4 is 29.4 Å². The quantitative estimate of drug-likeness (QED) is 0.301. The van der Waals surface area contributed by atoms with Gasteiger partial charge in [-0.15, -0.1) is 0 Å². The molecule has 0 aliphatic heterocycles. The number of anilines is 2. The molecule has 0 aliphatic carbocycles. The molecule has 0 bridgehead atoms. The lowest BCUT2D eigenvalue weighted by Gasteiger charge is -2.15. The summed E-state index contributed by atoms with van der Waals surface area (Å²) in [5.41, 5.74) is 3.36. The lowest BCUT2D eigenvalue weighted by Crippen LogP contribution is -2.24. The number of amides is 1. The highest BCUT2D eigenvalue weighted by molar-refractivity contribution is 6.07. The van der Waals surface area contributed by atoms with Crippen LogP contribution < -0.4 is 30.8 Å². The van der Waals surface area contributed by atoms with Crippen LogP contribution >= 0.6 is 0 Å². The van der Waals surface area contributed by atoms with E-state index < -0.39 is 45.9 Å². The summed E-state index contributed by atoms with van der Waals surface area (Å²) < 4.78 is 15.8. The highest BCUT2D eigenvalue weighted by Gasteiger charge is 2.27. The molecule has 0 atom stereocenters. The van der Waals surface area contributed by atoms with Crippen LogP contribution in [0.4, 0.5) is 11.5 Å². The van der Waals surface area contributed by atoms with Crippen molar-refractivity contribution in [3.8, 4) is 28.4 Å². The maximum absolute atomic E-state index is 12.3. The molecule has 0 aliphatic rings. The normalized spacial score (nSPS) is 10.3. The van der Waals surface area contributed by atoms with Gasteiger partial charge in [0.05, 0.1) is 14.2 Å². The number of aromatic carboxylic acids is 2. The Morgan fingerprint density at radius 3 is 2.17 bits per heavy atom. The molecule has 3 aromatic rings. The average Bonchev–Trinajstić information content (AvgIpc) is 2.82. The van der Waals surface area contributed by atoms with E-state index in [1.54, 1.807) is 24.3 Å². The predicted molar refractivity (Wildman–Crippen MR) is 125 cm³/mol. The Morgan fingerprint density at radius 2 is 1.60 bits per heavy atom. The SMILES string of the molecule is COc1ccc(NC(=O)COc2ccc(-c3c(C(=O)O)c(N)[nH]c(=O)c3C(=O)O)cc2OC)cc1. The van der Waals surface area contributed by atoms with Gasteiger partial charge in [0, 0.05) is 11.3 Å². The van der Waals surface area contributed by atoms with Crippen LogP contribution in [0, 0.1) is 0 Å². The monoisotopic (exact) mass is 483 g/mol. The number of nitrogens with two attached hydrogens (primary N) is 1. The number of hydrogen-bond donors (Lipinski definition) is 5. The number of hydrogen-bond acceptors (Lipinski definition) is 8. The third kappa shape index (κ3) is 5.33. The number of carbonyl (C=O) groups excluding carboxylic acids is 1. The van der Waals surface area contributed by atoms with E-state index in [0.29, 0.717) is 11.4 Å². The fourth-order valence-electron chi connectivity index (χ4n) is 3.29. The number of nitrogen functional groups attached to an aromatic ring is 1. The molecule has 12 heteroatoms. The van der Waals surface area contributed by atoms with Gasteiger partial charge in [0.1, 0.15) is 22.7 Å². The van der Waals surface area contributed by atoms with Crippen LogP contribution in [-0.4, -0.2) is 53.9 Å². The number of rotatable bonds is 9. The zero-order chi connectivity index (χ0) is 25.7. The van der Waals surface area contributed by atoms with Crippen molar-refractivity contribution in [1.29, 1.82) is 0 Å². The molecule has 0 spiro atoms. The van der Waals surface area contributed by atoms with Crippen LogP contribution in [0.15, 0.2) is 47.3 Å². The Labute approximate surface area is 197 Å². The summed E-state index contributed by atoms with van der Waals surface area (Å²) in [7, 11) is 2.82. The van der Waals surface area contributed by atoms with Gasteiger partial charge in [0.25, 0.3) is 11.5 Å². The van der Waals surface area contributed by atoms with Crippen molar-refractivity contribution in [3.63, 3.8) is 0 Å². The maximum Gasteiger partial charge on any atom is 0.342 e. The van der Waals surface area contributed by atoms with Crippen molar-refractivity contribution in [3.05, 3.63) is 63.9 Å². The van der Waals surface area contributed by atoms with Crippen LogP contribution in [0.3, 0.4) is 0 Å². The number of ether oxygens (including phenoxy) is 3. The van der Waals surface area contributed by atoms with Gasteiger partial charge >= 0.3 is 11.9 Å². The van der Waals surface area contributed by atoms with E-state index in [9.17, 15) is 29.4 Å². The second-order valence-electron chi connectivity index (χ2n) is 7.03. The molecule has 6 N–H and O–H groups in total. The zero-order valence-electron chi connectivity index (χ0n) is 18.6. The fraction of sp³-hybridized carbons (Fsp3) is 0.130. The summed E-state index contributed by atoms with van der Waals surface area (Å²) in [5, 5.41) is 21.7. The number of aromatic amines is 1. The number of carboxylic acid groups (broad SMARTS) is 2. The van der Waals surface area contributed by atoms with E-state index in [0.717, 1.165) is 0 Å². The van der Waals surface area contributed by atoms with Gasteiger partial charge in [-0.2, -0.15) is 0 Å². The summed E-state index contributed by atoms with van der Waals surface area (Å²) >= 11 is 0. The number of H-pyrrole nitrogens is 1. The highest BCUT2D eigenvalue weighted by atomic mass is 16.5. The second-order valence-corrected chi connectivity index (χ2v) is 7.03. The molecule has 0 radical (unpaired) electrons. The Balaban J connectivity index is 1.90. The number of nitrogens with one attached hydrogen (secondary N) is 2. The van der Waals surface area contributed by atoms with Gasteiger partial charge < -0.3 is 40.5 Å². The summed E-state index contributed by atoms with van der Waals surface area (Å²) in [6.07, 6.45) is 0. The molecule has 3 rings (SSSR count). The summed E-state index contributed by atoms with van der Waals surface area (Å²) in [6, 6.07) is 10.6. The van der Waals surface area contributed by atoms with Gasteiger partial charge in [-0.1, -0.05) is 6.07 Å². The van der Waals surface area contributed by atoms with Gasteiger partial charge in [-0.05, 0) is 42.0 Å². The average molecular weight is 483 g/mol. The second kappa shape index (κ2) is 10.3. The van der Waals surface area contributed by atoms with Crippen molar-refractivity contribution in [2.24, 2.45) is 0 Å². The van der Waals surface area contributed by atoms with Crippen molar-refractivity contribution in [1.82, 2.24) is 4.98 Å². The molecule has 0 saturated heterocycles. The molecule has 1 amide bonds. The number of aromatic nitrogens is 1. The standard InChI is InChI=1S/C23H21N3O9/c1-33-13-6-4-12(5-7-13)25-16(27)10-35-14-8-3-11(9-15(14)34-2)17-18(22(29)30)20(24)26-21(28)19(17)23(31)32/h3-9H,10H2,1-2H3,(H,25,27)(H,29,30)(H,31,32)(H3,24,26,28). The molecule has 1 aromatic heterocycles. The number of methoxy groups -OCH3 is 2. The zero-order valence-corrected chi connectivity index (χ0v) is 18.6. The van der Waals surface area contributed by atoms with Crippen LogP contribution in [0.1, 0.15) is 20.7 Å². The van der Waals surface area contributed by atoms with E-state index >= 15 is 0 Å². The first-order valence-electron chi connectivity index (χ1n) is 9.93. The molecule has 35 heavy (non-hydrogen) atoms. The minimum absolute atomic E-state index is 0.0319. The van der Waals surface area contributed by atoms with E-state index in [-0.39, 0.29) is 23.7 Å². The Bertz CT molecular complexity index is 1350. The van der Waals surface area contributed by atoms with E-state index in [1.165, 1.54) is 32.4 Å². The van der Waals surface area contributed by atoms with Gasteiger partial charge in [0.2, 0.25) is 0 Å². The maximum atomic E-state index is 12.3. The Kier molecular flexibility index (Phi) is 7.25. The van der Waals surface area contributed by atoms with Crippen LogP contribution in [0.5, 0.6) is 17.2 Å². The van der Waals surface area contributed by atoms with Gasteiger partial charge in [-0.25, -0.2) is 9.59 Å². The Morgan fingerprint density at radius 1 is 0.943 bits per heavy atom. The van der Waals surface area contributed by atoms with Crippen molar-refractivity contribution < 1.29 is 38.8 Å². The molecule has 12 nitrogen and oxygen atoms in total. The molecule has 1 heterocycles. The third-order valence-electron chi connectivity index (χ3n) is 4.86. The predicted octanol–water partition coefficient (Wildman–Crippen LogP) is 2.06. The summed E-state index contributed by atoms with van der Waals surface area (Å²) in [5.74, 6) is -3.34. The van der Waals surface area contributed by atoms with Crippen LogP contribution in [0.2, 0.25) is 0 Å². The number of carbonyl (C=O) groups is 3. The largest absolute Gasteiger partial charge is 0.497 e. The summed E-state index contributed by atoms with van der Waals surface area (Å²) in [6.45, 7) is -0.388. The number of carboxylic acids is 2. The lowest BCUT2D eigenvalue weighted by atomic mass is 9.95. The first-order valence-corrected chi connectivity index (χ1v) is 9.93. The van der Waals surface area contributed by atoms with Crippen LogP contribution in [0.25, 0.3) is 11.1 Å². The number of pyridine rings is 1. The molecule has 182 valence electrons. The smallest absolute Gasteiger partial charge is 0.342 e.